The van der Waals surface area contributed by atoms with E-state index >= 15 is 0 Å². The molecule has 3 aromatic heterocycles. The molecule has 1 N–H and O–H groups in total. The molecule has 0 saturated carbocycles. The normalized spacial score (nSPS) is 11.3. The topological polar surface area (TPSA) is 99.1 Å². The van der Waals surface area contributed by atoms with E-state index in [2.05, 4.69) is 27.1 Å². The maximum atomic E-state index is 12.5. The Morgan fingerprint density at radius 3 is 2.80 bits per heavy atom. The van der Waals surface area contributed by atoms with Gasteiger partial charge in [-0.2, -0.15) is 10.1 Å². The minimum Gasteiger partial charge on any atom is -0.299 e. The van der Waals surface area contributed by atoms with Gasteiger partial charge in [0.25, 0.3) is 5.56 Å². The van der Waals surface area contributed by atoms with Gasteiger partial charge in [-0.3, -0.25) is 23.5 Å². The quantitative estimate of drug-likeness (QED) is 0.414. The maximum Gasteiger partial charge on any atom is 0.332 e. The molecule has 128 valence electrons. The highest BCUT2D eigenvalue weighted by atomic mass is 16.2. The number of allylic oxidation sites excluding steroid dienone is 1. The Labute approximate surface area is 142 Å². The van der Waals surface area contributed by atoms with Gasteiger partial charge in [0, 0.05) is 38.6 Å². The molecule has 0 unspecified atom stereocenters. The first-order valence-corrected chi connectivity index (χ1v) is 7.51. The summed E-state index contributed by atoms with van der Waals surface area (Å²) in [6.07, 6.45) is 6.56. The second kappa shape index (κ2) is 6.56. The molecule has 0 radical (unpaired) electrons. The lowest BCUT2D eigenvalue weighted by atomic mass is 10.3. The molecule has 9 heteroatoms. The van der Waals surface area contributed by atoms with Crippen molar-refractivity contribution in [3.05, 3.63) is 63.6 Å². The fourth-order valence-electron chi connectivity index (χ4n) is 2.46. The van der Waals surface area contributed by atoms with E-state index in [9.17, 15) is 9.59 Å². The van der Waals surface area contributed by atoms with Crippen molar-refractivity contribution in [1.82, 2.24) is 23.7 Å². The standard InChI is InChI=1S/C16H17N7O2/c1-4-8-23-12-13(21(2)16(25)22(3)14(12)24)19-15(23)20-18-10-11-6-5-7-17-9-11/h4-7,9-10H,1,8H2,2-3H3,(H,19,20). The number of nitrogens with one attached hydrogen (secondary N) is 1. The summed E-state index contributed by atoms with van der Waals surface area (Å²) in [5.41, 5.74) is 3.36. The Kier molecular flexibility index (Phi) is 4.29. The number of rotatable bonds is 5. The second-order valence-electron chi connectivity index (χ2n) is 5.37. The molecule has 0 spiro atoms. The first kappa shape index (κ1) is 16.4. The Morgan fingerprint density at radius 1 is 1.32 bits per heavy atom. The highest BCUT2D eigenvalue weighted by Gasteiger charge is 2.18. The van der Waals surface area contributed by atoms with Crippen LogP contribution >= 0.6 is 0 Å². The fraction of sp³-hybridized carbons (Fsp3) is 0.188. The molecule has 0 fully saturated rings. The number of imidazole rings is 1. The Hall–Kier alpha value is -3.49. The molecular weight excluding hydrogens is 322 g/mol. The van der Waals surface area contributed by atoms with Crippen LogP contribution in [0.15, 0.2) is 51.9 Å². The van der Waals surface area contributed by atoms with Crippen molar-refractivity contribution in [2.75, 3.05) is 5.43 Å². The number of hydrogen-bond donors (Lipinski definition) is 1. The summed E-state index contributed by atoms with van der Waals surface area (Å²) in [7, 11) is 3.00. The Balaban J connectivity index is 2.10. The van der Waals surface area contributed by atoms with Gasteiger partial charge in [-0.15, -0.1) is 6.58 Å². The zero-order valence-corrected chi connectivity index (χ0v) is 13.9. The number of fused-ring (bicyclic) bond motifs is 1. The van der Waals surface area contributed by atoms with Crippen LogP contribution < -0.4 is 16.7 Å². The molecule has 0 aliphatic heterocycles. The van der Waals surface area contributed by atoms with Gasteiger partial charge < -0.3 is 0 Å². The maximum absolute atomic E-state index is 12.5. The third-order valence-corrected chi connectivity index (χ3v) is 3.72. The largest absolute Gasteiger partial charge is 0.332 e. The number of nitrogens with zero attached hydrogens (tertiary/aromatic N) is 6. The van der Waals surface area contributed by atoms with Crippen LogP contribution in [-0.2, 0) is 20.6 Å². The minimum atomic E-state index is -0.439. The predicted molar refractivity (Wildman–Crippen MR) is 95.9 cm³/mol. The highest BCUT2D eigenvalue weighted by molar-refractivity contribution is 5.80. The van der Waals surface area contributed by atoms with Crippen molar-refractivity contribution < 1.29 is 0 Å². The molecule has 0 aliphatic rings. The predicted octanol–water partition coefficient (Wildman–Crippen LogP) is 0.461. The molecule has 0 saturated heterocycles. The van der Waals surface area contributed by atoms with Crippen LogP contribution in [0.1, 0.15) is 5.56 Å². The first-order chi connectivity index (χ1) is 12.0. The Morgan fingerprint density at radius 2 is 2.12 bits per heavy atom. The zero-order valence-electron chi connectivity index (χ0n) is 13.9. The van der Waals surface area contributed by atoms with E-state index in [1.807, 2.05) is 6.07 Å². The lowest BCUT2D eigenvalue weighted by Gasteiger charge is -2.06. The smallest absolute Gasteiger partial charge is 0.299 e. The molecule has 0 aromatic carbocycles. The van der Waals surface area contributed by atoms with Crippen molar-refractivity contribution in [1.29, 1.82) is 0 Å². The average molecular weight is 339 g/mol. The van der Waals surface area contributed by atoms with Crippen LogP contribution in [0.25, 0.3) is 11.2 Å². The summed E-state index contributed by atoms with van der Waals surface area (Å²) in [6, 6.07) is 3.65. The van der Waals surface area contributed by atoms with E-state index in [1.165, 1.54) is 11.6 Å². The summed E-state index contributed by atoms with van der Waals surface area (Å²) in [5.74, 6) is 0.341. The van der Waals surface area contributed by atoms with Gasteiger partial charge in [0.1, 0.15) is 0 Å². The van der Waals surface area contributed by atoms with Gasteiger partial charge in [0.15, 0.2) is 11.2 Å². The van der Waals surface area contributed by atoms with E-state index in [0.717, 1.165) is 10.1 Å². The van der Waals surface area contributed by atoms with Crippen LogP contribution in [0.5, 0.6) is 0 Å². The average Bonchev–Trinajstić information content (AvgIpc) is 2.98. The summed E-state index contributed by atoms with van der Waals surface area (Å²) < 4.78 is 4.00. The number of aromatic nitrogens is 5. The summed E-state index contributed by atoms with van der Waals surface area (Å²) in [4.78, 5) is 32.9. The van der Waals surface area contributed by atoms with E-state index in [-0.39, 0.29) is 5.65 Å². The van der Waals surface area contributed by atoms with Crippen LogP contribution in [0.2, 0.25) is 0 Å². The third-order valence-electron chi connectivity index (χ3n) is 3.72. The molecule has 0 bridgehead atoms. The fourth-order valence-corrected chi connectivity index (χ4v) is 2.46. The first-order valence-electron chi connectivity index (χ1n) is 7.51. The molecule has 3 aromatic rings. The van der Waals surface area contributed by atoms with Gasteiger partial charge >= 0.3 is 5.69 Å². The molecule has 3 heterocycles. The number of pyridine rings is 1. The van der Waals surface area contributed by atoms with Crippen molar-refractivity contribution in [2.45, 2.75) is 6.54 Å². The van der Waals surface area contributed by atoms with Crippen LogP contribution in [-0.4, -0.2) is 29.9 Å². The van der Waals surface area contributed by atoms with Crippen LogP contribution in [0.3, 0.4) is 0 Å². The monoisotopic (exact) mass is 339 g/mol. The van der Waals surface area contributed by atoms with Gasteiger partial charge in [0.05, 0.1) is 6.21 Å². The van der Waals surface area contributed by atoms with E-state index in [1.54, 1.807) is 42.4 Å². The number of hydrazone groups is 1. The van der Waals surface area contributed by atoms with Crippen molar-refractivity contribution >= 4 is 23.3 Å². The van der Waals surface area contributed by atoms with Crippen molar-refractivity contribution in [3.8, 4) is 0 Å². The molecule has 3 rings (SSSR count). The number of anilines is 1. The summed E-state index contributed by atoms with van der Waals surface area (Å²) in [6.45, 7) is 4.04. The number of hydrogen-bond acceptors (Lipinski definition) is 6. The lowest BCUT2D eigenvalue weighted by Crippen LogP contribution is -2.37. The van der Waals surface area contributed by atoms with Crippen LogP contribution in [0, 0.1) is 0 Å². The van der Waals surface area contributed by atoms with Gasteiger partial charge in [0.2, 0.25) is 5.95 Å². The zero-order chi connectivity index (χ0) is 18.0. The van der Waals surface area contributed by atoms with Crippen molar-refractivity contribution in [3.63, 3.8) is 0 Å². The molecule has 25 heavy (non-hydrogen) atoms. The number of aryl methyl sites for hydroxylation is 1. The van der Waals surface area contributed by atoms with Gasteiger partial charge in [-0.05, 0) is 6.07 Å². The van der Waals surface area contributed by atoms with E-state index in [0.29, 0.717) is 18.0 Å². The summed E-state index contributed by atoms with van der Waals surface area (Å²) in [5, 5.41) is 4.13. The third kappa shape index (κ3) is 2.87. The van der Waals surface area contributed by atoms with Crippen molar-refractivity contribution in [2.24, 2.45) is 19.2 Å². The molecule has 0 amide bonds. The SMILES string of the molecule is C=CCn1c(NN=Cc2cccnc2)nc2c1c(=O)n(C)c(=O)n2C. The molecule has 0 aliphatic carbocycles. The van der Waals surface area contributed by atoms with Gasteiger partial charge in [-0.25, -0.2) is 10.2 Å². The lowest BCUT2D eigenvalue weighted by molar-refractivity contribution is 0.703. The second-order valence-corrected chi connectivity index (χ2v) is 5.37. The summed E-state index contributed by atoms with van der Waals surface area (Å²) >= 11 is 0. The minimum absolute atomic E-state index is 0.286. The molecule has 9 nitrogen and oxygen atoms in total. The molecule has 0 atom stereocenters. The van der Waals surface area contributed by atoms with E-state index in [4.69, 9.17) is 0 Å². The molecular formula is C16H17N7O2. The highest BCUT2D eigenvalue weighted by Crippen LogP contribution is 2.15. The van der Waals surface area contributed by atoms with Crippen LogP contribution in [0.4, 0.5) is 5.95 Å². The Bertz CT molecular complexity index is 1070. The van der Waals surface area contributed by atoms with E-state index < -0.39 is 11.2 Å². The van der Waals surface area contributed by atoms with Gasteiger partial charge in [-0.1, -0.05) is 12.1 Å².